The molecule has 1 aromatic rings. The van der Waals surface area contributed by atoms with Gasteiger partial charge in [-0.15, -0.1) is 0 Å². The summed E-state index contributed by atoms with van der Waals surface area (Å²) in [6, 6.07) is 11.8. The third kappa shape index (κ3) is 2.54. The van der Waals surface area contributed by atoms with Gasteiger partial charge < -0.3 is 0 Å². The van der Waals surface area contributed by atoms with Crippen LogP contribution in [0.2, 0.25) is 0 Å². The lowest BCUT2D eigenvalue weighted by atomic mass is 9.55. The third-order valence-corrected chi connectivity index (χ3v) is 17.7. The molecule has 8 aliphatic rings. The summed E-state index contributed by atoms with van der Waals surface area (Å²) in [5.74, 6) is 6.61. The molecule has 0 saturated heterocycles. The van der Waals surface area contributed by atoms with E-state index in [-0.39, 0.29) is 0 Å². The molecule has 0 nitrogen and oxygen atoms in total. The van der Waals surface area contributed by atoms with Crippen molar-refractivity contribution in [3.8, 4) is 0 Å². The van der Waals surface area contributed by atoms with Gasteiger partial charge in [-0.3, -0.25) is 0 Å². The highest BCUT2D eigenvalue weighted by Crippen LogP contribution is 2.88. The second-order valence-electron chi connectivity index (χ2n) is 13.1. The molecule has 29 heavy (non-hydrogen) atoms. The highest BCUT2D eigenvalue weighted by molar-refractivity contribution is 7.77. The summed E-state index contributed by atoms with van der Waals surface area (Å²) in [5.41, 5.74) is 1.69. The van der Waals surface area contributed by atoms with Crippen LogP contribution < -0.4 is 0 Å². The number of rotatable bonds is 4. The van der Waals surface area contributed by atoms with Crippen molar-refractivity contribution in [1.29, 1.82) is 0 Å². The van der Waals surface area contributed by atoms with Gasteiger partial charge in [0, 0.05) is 7.26 Å². The Bertz CT molecular complexity index is 677. The molecule has 0 amide bonds. The zero-order chi connectivity index (χ0) is 19.3. The molecule has 0 N–H and O–H groups in total. The monoisotopic (exact) mass is 407 g/mol. The van der Waals surface area contributed by atoms with E-state index in [1.807, 2.05) is 0 Å². The Hall–Kier alpha value is -0.350. The molecule has 1 heteroatoms. The fourth-order valence-corrected chi connectivity index (χ4v) is 17.7. The van der Waals surface area contributed by atoms with Gasteiger partial charge in [0.15, 0.2) is 0 Å². The van der Waals surface area contributed by atoms with Gasteiger partial charge in [-0.25, -0.2) is 0 Å². The van der Waals surface area contributed by atoms with Crippen molar-refractivity contribution in [1.82, 2.24) is 0 Å². The highest BCUT2D eigenvalue weighted by Gasteiger charge is 2.73. The van der Waals surface area contributed by atoms with E-state index in [0.29, 0.717) is 0 Å². The van der Waals surface area contributed by atoms with Crippen LogP contribution in [-0.2, 0) is 6.16 Å². The van der Waals surface area contributed by atoms with Crippen LogP contribution in [0.1, 0.15) is 82.6 Å². The van der Waals surface area contributed by atoms with Crippen molar-refractivity contribution >= 4 is 7.26 Å². The third-order valence-electron chi connectivity index (χ3n) is 11.4. The van der Waals surface area contributed by atoms with Gasteiger partial charge in [-0.05, 0) is 118 Å². The minimum Gasteiger partial charge on any atom is -0.0622 e. The molecular formula is C28H40P+. The number of benzene rings is 1. The normalized spacial score (nSPS) is 51.3. The van der Waals surface area contributed by atoms with Gasteiger partial charge in [0.1, 0.15) is 0 Å². The van der Waals surface area contributed by atoms with E-state index in [9.17, 15) is 0 Å². The maximum Gasteiger partial charge on any atom is 0.0851 e. The van der Waals surface area contributed by atoms with E-state index in [2.05, 4.69) is 37.0 Å². The van der Waals surface area contributed by atoms with E-state index in [1.54, 1.807) is 82.6 Å². The van der Waals surface area contributed by atoms with Gasteiger partial charge >= 0.3 is 0 Å². The fourth-order valence-electron chi connectivity index (χ4n) is 11.1. The topological polar surface area (TPSA) is 0 Å². The maximum absolute atomic E-state index is 2.97. The average Bonchev–Trinajstić information content (AvgIpc) is 2.66. The van der Waals surface area contributed by atoms with Gasteiger partial charge in [-0.1, -0.05) is 30.3 Å². The SMILES string of the molecule is C[P+](Cc1ccccc1)(C12CC3CC(CC(C3)C1)C2)C12CC3CC(CC(C3)C1)C2. The van der Waals surface area contributed by atoms with Crippen molar-refractivity contribution in [2.24, 2.45) is 35.5 Å². The number of hydrogen-bond acceptors (Lipinski definition) is 0. The van der Waals surface area contributed by atoms with Gasteiger partial charge in [0.05, 0.1) is 23.1 Å². The van der Waals surface area contributed by atoms with Crippen molar-refractivity contribution in [3.63, 3.8) is 0 Å². The van der Waals surface area contributed by atoms with E-state index in [0.717, 1.165) is 45.8 Å². The summed E-state index contributed by atoms with van der Waals surface area (Å²) in [6.45, 7) is 2.97. The second kappa shape index (κ2) is 6.12. The lowest BCUT2D eigenvalue weighted by molar-refractivity contribution is 0.0160. The minimum atomic E-state index is -1.09. The minimum absolute atomic E-state index is 0.767. The van der Waals surface area contributed by atoms with Gasteiger partial charge in [0.25, 0.3) is 0 Å². The molecule has 8 bridgehead atoms. The zero-order valence-corrected chi connectivity index (χ0v) is 19.4. The Morgan fingerprint density at radius 1 is 0.621 bits per heavy atom. The molecule has 0 radical (unpaired) electrons. The molecule has 0 heterocycles. The van der Waals surface area contributed by atoms with Crippen LogP contribution >= 0.6 is 7.26 Å². The standard InChI is InChI=1S/C28H40P/c1-29(19-20-5-3-2-4-6-20,27-13-21-7-22(14-27)9-23(8-21)15-27)28-16-24-10-25(17-28)12-26(11-24)18-28/h2-6,21-26H,7-19H2,1H3/q+1. The van der Waals surface area contributed by atoms with Crippen LogP contribution in [0.25, 0.3) is 0 Å². The van der Waals surface area contributed by atoms with E-state index in [4.69, 9.17) is 0 Å². The lowest BCUT2D eigenvalue weighted by Crippen LogP contribution is -2.60. The molecular weight excluding hydrogens is 367 g/mol. The molecule has 9 rings (SSSR count). The Labute approximate surface area is 179 Å². The largest absolute Gasteiger partial charge is 0.0851 e. The van der Waals surface area contributed by atoms with Gasteiger partial charge in [-0.2, -0.15) is 0 Å². The molecule has 156 valence electrons. The summed E-state index contributed by atoms with van der Waals surface area (Å²) in [4.78, 5) is 0. The molecule has 8 fully saturated rings. The van der Waals surface area contributed by atoms with Crippen LogP contribution in [0.15, 0.2) is 30.3 Å². The first kappa shape index (κ1) is 18.2. The van der Waals surface area contributed by atoms with E-state index < -0.39 is 7.26 Å². The molecule has 8 saturated carbocycles. The first-order chi connectivity index (χ1) is 14.0. The summed E-state index contributed by atoms with van der Waals surface area (Å²) in [5, 5.41) is 1.53. The lowest BCUT2D eigenvalue weighted by Gasteiger charge is -2.67. The summed E-state index contributed by atoms with van der Waals surface area (Å²) < 4.78 is 0. The molecule has 0 unspecified atom stereocenters. The highest BCUT2D eigenvalue weighted by atomic mass is 31.2. The van der Waals surface area contributed by atoms with Gasteiger partial charge in [0.2, 0.25) is 0 Å². The Kier molecular flexibility index (Phi) is 3.85. The smallest absolute Gasteiger partial charge is 0.0622 e. The van der Waals surface area contributed by atoms with Crippen LogP contribution in [0.4, 0.5) is 0 Å². The average molecular weight is 408 g/mol. The summed E-state index contributed by atoms with van der Waals surface area (Å²) >= 11 is 0. The van der Waals surface area contributed by atoms with Crippen LogP contribution in [0.3, 0.4) is 0 Å². The van der Waals surface area contributed by atoms with Crippen LogP contribution in [-0.4, -0.2) is 17.0 Å². The van der Waals surface area contributed by atoms with Crippen molar-refractivity contribution in [2.75, 3.05) is 6.66 Å². The molecule has 0 aliphatic heterocycles. The molecule has 1 aromatic carbocycles. The summed E-state index contributed by atoms with van der Waals surface area (Å²) in [6.07, 6.45) is 20.9. The first-order valence-electron chi connectivity index (χ1n) is 12.9. The molecule has 0 aromatic heterocycles. The predicted octanol–water partition coefficient (Wildman–Crippen LogP) is 7.77. The van der Waals surface area contributed by atoms with E-state index in [1.165, 1.54) is 6.16 Å². The first-order valence-corrected chi connectivity index (χ1v) is 15.4. The van der Waals surface area contributed by atoms with Crippen LogP contribution in [0, 0.1) is 35.5 Å². The van der Waals surface area contributed by atoms with Crippen molar-refractivity contribution < 1.29 is 0 Å². The maximum atomic E-state index is 2.97. The van der Waals surface area contributed by atoms with E-state index >= 15 is 0 Å². The van der Waals surface area contributed by atoms with Crippen LogP contribution in [0.5, 0.6) is 0 Å². The molecule has 0 spiro atoms. The quantitative estimate of drug-likeness (QED) is 0.447. The number of hydrogen-bond donors (Lipinski definition) is 0. The second-order valence-corrected chi connectivity index (χ2v) is 17.7. The predicted molar refractivity (Wildman–Crippen MR) is 125 cm³/mol. The fraction of sp³-hybridized carbons (Fsp3) is 0.786. The van der Waals surface area contributed by atoms with Crippen molar-refractivity contribution in [2.45, 2.75) is 93.5 Å². The molecule has 8 aliphatic carbocycles. The Morgan fingerprint density at radius 3 is 1.31 bits per heavy atom. The van der Waals surface area contributed by atoms with Crippen molar-refractivity contribution in [3.05, 3.63) is 35.9 Å². The molecule has 0 atom stereocenters. The Morgan fingerprint density at radius 2 is 0.966 bits per heavy atom. The Balaban J connectivity index is 1.36. The zero-order valence-electron chi connectivity index (χ0n) is 18.5. The summed E-state index contributed by atoms with van der Waals surface area (Å²) in [7, 11) is -1.09.